The average molecular weight is 345 g/mol. The maximum absolute atomic E-state index is 13.0. The van der Waals surface area contributed by atoms with Crippen molar-refractivity contribution in [3.8, 4) is 0 Å². The van der Waals surface area contributed by atoms with Gasteiger partial charge in [0.2, 0.25) is 5.13 Å². The lowest BCUT2D eigenvalue weighted by molar-refractivity contribution is 0.598. The van der Waals surface area contributed by atoms with E-state index in [1.165, 1.54) is 30.8 Å². The minimum absolute atomic E-state index is 0.0133. The largest absolute Gasteiger partial charge is 0.263 e. The molecule has 0 aliphatic heterocycles. The number of nitrogens with zero attached hydrogens (tertiary/aromatic N) is 2. The van der Waals surface area contributed by atoms with Crippen LogP contribution in [0.4, 0.5) is 9.52 Å². The molecule has 0 fully saturated rings. The van der Waals surface area contributed by atoms with Gasteiger partial charge in [-0.1, -0.05) is 29.2 Å². The number of halogens is 1. The van der Waals surface area contributed by atoms with Crippen LogP contribution in [0.2, 0.25) is 0 Å². The van der Waals surface area contributed by atoms with Crippen LogP contribution in [-0.4, -0.2) is 24.4 Å². The lowest BCUT2D eigenvalue weighted by Gasteiger charge is -2.07. The number of aromatic nitrogens is 2. The third-order valence-electron chi connectivity index (χ3n) is 2.38. The Labute approximate surface area is 130 Å². The second-order valence-corrected chi connectivity index (χ2v) is 7.88. The summed E-state index contributed by atoms with van der Waals surface area (Å²) in [5.41, 5.74) is 0.327. The van der Waals surface area contributed by atoms with Crippen molar-refractivity contribution in [3.63, 3.8) is 0 Å². The second-order valence-electron chi connectivity index (χ2n) is 3.99. The highest BCUT2D eigenvalue weighted by Crippen LogP contribution is 2.27. The van der Waals surface area contributed by atoms with E-state index in [1.54, 1.807) is 6.08 Å². The fourth-order valence-electron chi connectivity index (χ4n) is 1.52. The number of sulfonamides is 1. The van der Waals surface area contributed by atoms with Crippen LogP contribution in [0.15, 0.2) is 40.1 Å². The molecule has 1 N–H and O–H groups in total. The Morgan fingerprint density at radius 2 is 2.24 bits per heavy atom. The molecular weight excluding hydrogens is 333 g/mol. The smallest absolute Gasteiger partial charge is 0.253 e. The summed E-state index contributed by atoms with van der Waals surface area (Å²) in [4.78, 5) is 0.0133. The third kappa shape index (κ3) is 4.02. The molecule has 21 heavy (non-hydrogen) atoms. The summed E-state index contributed by atoms with van der Waals surface area (Å²) in [6.07, 6.45) is 1.72. The van der Waals surface area contributed by atoms with Gasteiger partial charge in [-0.25, -0.2) is 12.8 Å². The summed E-state index contributed by atoms with van der Waals surface area (Å²) in [7, 11) is -3.81. The number of hydrogen-bond acceptors (Lipinski definition) is 6. The standard InChI is InChI=1S/C12H12FN3O2S3/c1-3-6-19-12-15-14-11(20-12)16-21(17,18)10-5-4-9(13)7-8(10)2/h3-5,7H,1,6H2,2H3,(H,14,16). The Hall–Kier alpha value is -1.45. The molecule has 0 saturated carbocycles. The van der Waals surface area contributed by atoms with Gasteiger partial charge in [0.1, 0.15) is 5.82 Å². The average Bonchev–Trinajstić information content (AvgIpc) is 2.82. The van der Waals surface area contributed by atoms with Crippen molar-refractivity contribution in [2.24, 2.45) is 0 Å². The van der Waals surface area contributed by atoms with Crippen molar-refractivity contribution >= 4 is 38.3 Å². The molecule has 0 saturated heterocycles. The minimum atomic E-state index is -3.81. The fourth-order valence-corrected chi connectivity index (χ4v) is 4.49. The monoisotopic (exact) mass is 345 g/mol. The van der Waals surface area contributed by atoms with E-state index in [4.69, 9.17) is 0 Å². The maximum Gasteiger partial charge on any atom is 0.263 e. The van der Waals surface area contributed by atoms with Crippen molar-refractivity contribution in [1.82, 2.24) is 10.2 Å². The highest BCUT2D eigenvalue weighted by atomic mass is 32.2. The second kappa shape index (κ2) is 6.54. The molecular formula is C12H12FN3O2S3. The molecule has 2 rings (SSSR count). The van der Waals surface area contributed by atoms with Crippen LogP contribution >= 0.6 is 23.1 Å². The summed E-state index contributed by atoms with van der Waals surface area (Å²) >= 11 is 2.54. The van der Waals surface area contributed by atoms with Crippen molar-refractivity contribution < 1.29 is 12.8 Å². The van der Waals surface area contributed by atoms with Gasteiger partial charge < -0.3 is 0 Å². The Morgan fingerprint density at radius 1 is 1.48 bits per heavy atom. The first-order valence-corrected chi connectivity index (χ1v) is 9.07. The van der Waals surface area contributed by atoms with Crippen LogP contribution in [0.3, 0.4) is 0 Å². The number of rotatable bonds is 6. The number of hydrogen-bond donors (Lipinski definition) is 1. The van der Waals surface area contributed by atoms with Crippen LogP contribution in [0.5, 0.6) is 0 Å². The molecule has 0 atom stereocenters. The zero-order valence-electron chi connectivity index (χ0n) is 11.0. The quantitative estimate of drug-likeness (QED) is 0.643. The van der Waals surface area contributed by atoms with E-state index in [0.29, 0.717) is 15.7 Å². The molecule has 9 heteroatoms. The van der Waals surface area contributed by atoms with E-state index < -0.39 is 15.8 Å². The van der Waals surface area contributed by atoms with E-state index in [-0.39, 0.29) is 10.0 Å². The van der Waals surface area contributed by atoms with E-state index in [1.807, 2.05) is 0 Å². The first kappa shape index (κ1) is 15.9. The number of aryl methyl sites for hydroxylation is 1. The Bertz CT molecular complexity index is 759. The molecule has 0 amide bonds. The van der Waals surface area contributed by atoms with E-state index in [9.17, 15) is 12.8 Å². The van der Waals surface area contributed by atoms with Gasteiger partial charge >= 0.3 is 0 Å². The molecule has 0 aliphatic rings. The summed E-state index contributed by atoms with van der Waals surface area (Å²) in [5, 5.41) is 7.81. The molecule has 0 unspecified atom stereocenters. The van der Waals surface area contributed by atoms with Gasteiger partial charge in [0, 0.05) is 5.75 Å². The Balaban J connectivity index is 2.20. The number of anilines is 1. The molecule has 0 spiro atoms. The molecule has 1 aromatic carbocycles. The van der Waals surface area contributed by atoms with Gasteiger partial charge in [-0.2, -0.15) is 0 Å². The zero-order chi connectivity index (χ0) is 15.5. The van der Waals surface area contributed by atoms with Crippen LogP contribution in [0.1, 0.15) is 5.56 Å². The molecule has 5 nitrogen and oxygen atoms in total. The topological polar surface area (TPSA) is 72.0 Å². The third-order valence-corrected chi connectivity index (χ3v) is 5.98. The lowest BCUT2D eigenvalue weighted by atomic mass is 10.2. The predicted octanol–water partition coefficient (Wildman–Crippen LogP) is 3.06. The highest BCUT2D eigenvalue weighted by molar-refractivity contribution is 8.01. The van der Waals surface area contributed by atoms with Crippen LogP contribution in [-0.2, 0) is 10.0 Å². The van der Waals surface area contributed by atoms with E-state index >= 15 is 0 Å². The van der Waals surface area contributed by atoms with Crippen molar-refractivity contribution in [2.75, 3.05) is 10.5 Å². The van der Waals surface area contributed by atoms with Crippen molar-refractivity contribution in [1.29, 1.82) is 0 Å². The SMILES string of the molecule is C=CCSc1nnc(NS(=O)(=O)c2ccc(F)cc2C)s1. The van der Waals surface area contributed by atoms with Gasteiger partial charge in [0.25, 0.3) is 10.0 Å². The van der Waals surface area contributed by atoms with Gasteiger partial charge in [0.15, 0.2) is 4.34 Å². The Morgan fingerprint density at radius 3 is 2.90 bits per heavy atom. The molecule has 0 aliphatic carbocycles. The van der Waals surface area contributed by atoms with Crippen LogP contribution < -0.4 is 4.72 Å². The first-order chi connectivity index (χ1) is 9.92. The summed E-state index contributed by atoms with van der Waals surface area (Å²) < 4.78 is 40.5. The normalized spacial score (nSPS) is 11.3. The van der Waals surface area contributed by atoms with Crippen LogP contribution in [0, 0.1) is 12.7 Å². The summed E-state index contributed by atoms with van der Waals surface area (Å²) in [6.45, 7) is 5.12. The molecule has 112 valence electrons. The first-order valence-electron chi connectivity index (χ1n) is 5.78. The summed E-state index contributed by atoms with van der Waals surface area (Å²) in [5.74, 6) is 0.184. The maximum atomic E-state index is 13.0. The van der Waals surface area contributed by atoms with Gasteiger partial charge in [-0.05, 0) is 30.7 Å². The van der Waals surface area contributed by atoms with Crippen molar-refractivity contribution in [2.45, 2.75) is 16.2 Å². The fraction of sp³-hybridized carbons (Fsp3) is 0.167. The molecule has 0 bridgehead atoms. The zero-order valence-corrected chi connectivity index (χ0v) is 13.5. The highest BCUT2D eigenvalue weighted by Gasteiger charge is 2.19. The number of thioether (sulfide) groups is 1. The van der Waals surface area contributed by atoms with E-state index in [2.05, 4.69) is 21.5 Å². The lowest BCUT2D eigenvalue weighted by Crippen LogP contribution is -2.14. The Kier molecular flexibility index (Phi) is 4.96. The minimum Gasteiger partial charge on any atom is -0.253 e. The number of nitrogens with one attached hydrogen (secondary N) is 1. The van der Waals surface area contributed by atoms with Crippen molar-refractivity contribution in [3.05, 3.63) is 42.2 Å². The molecule has 0 radical (unpaired) electrons. The molecule has 1 aromatic heterocycles. The van der Waals surface area contributed by atoms with Crippen LogP contribution in [0.25, 0.3) is 0 Å². The van der Waals surface area contributed by atoms with Gasteiger partial charge in [-0.3, -0.25) is 4.72 Å². The van der Waals surface area contributed by atoms with Gasteiger partial charge in [0.05, 0.1) is 4.90 Å². The van der Waals surface area contributed by atoms with Gasteiger partial charge in [-0.15, -0.1) is 16.8 Å². The summed E-state index contributed by atoms with van der Waals surface area (Å²) in [6, 6.07) is 3.49. The molecule has 1 heterocycles. The number of benzene rings is 1. The van der Waals surface area contributed by atoms with E-state index in [0.717, 1.165) is 17.4 Å². The predicted molar refractivity (Wildman–Crippen MR) is 82.8 cm³/mol. The molecule has 2 aromatic rings.